The number of fused-ring (bicyclic) bond motifs is 1. The van der Waals surface area contributed by atoms with Crippen LogP contribution >= 0.6 is 0 Å². The van der Waals surface area contributed by atoms with Gasteiger partial charge in [-0.15, -0.1) is 0 Å². The molecule has 0 spiro atoms. The van der Waals surface area contributed by atoms with Crippen molar-refractivity contribution in [3.63, 3.8) is 0 Å². The number of pyridine rings is 2. The number of imide groups is 1. The molecule has 8 rings (SSSR count). The van der Waals surface area contributed by atoms with E-state index in [1.54, 1.807) is 48.4 Å². The third-order valence-corrected chi connectivity index (χ3v) is 12.8. The number of amides is 5. The molecule has 3 aliphatic heterocycles. The molecule has 2 aromatic carbocycles. The number of nitriles is 1. The van der Waals surface area contributed by atoms with E-state index in [0.717, 1.165) is 31.3 Å². The lowest BCUT2D eigenvalue weighted by atomic mass is 9.86. The van der Waals surface area contributed by atoms with Gasteiger partial charge in [0, 0.05) is 107 Å². The van der Waals surface area contributed by atoms with E-state index in [1.165, 1.54) is 11.1 Å². The van der Waals surface area contributed by atoms with Gasteiger partial charge >= 0.3 is 6.03 Å². The van der Waals surface area contributed by atoms with Gasteiger partial charge in [-0.3, -0.25) is 44.1 Å². The lowest BCUT2D eigenvalue weighted by Gasteiger charge is -2.46. The van der Waals surface area contributed by atoms with Crippen LogP contribution in [0.3, 0.4) is 0 Å². The summed E-state index contributed by atoms with van der Waals surface area (Å²) in [6.45, 7) is 8.33. The minimum Gasteiger partial charge on any atom is -0.492 e. The Labute approximate surface area is 403 Å². The molecule has 70 heavy (non-hydrogen) atoms. The van der Waals surface area contributed by atoms with Crippen molar-refractivity contribution in [1.29, 1.82) is 5.26 Å². The van der Waals surface area contributed by atoms with E-state index in [-0.39, 0.29) is 48.9 Å². The highest BCUT2D eigenvalue weighted by molar-refractivity contribution is 6.09. The van der Waals surface area contributed by atoms with Crippen LogP contribution in [0.4, 0.5) is 30.9 Å². The van der Waals surface area contributed by atoms with E-state index >= 15 is 0 Å². The van der Waals surface area contributed by atoms with E-state index in [2.05, 4.69) is 46.8 Å². The molecule has 366 valence electrons. The highest BCUT2D eigenvalue weighted by Crippen LogP contribution is 2.33. The molecule has 0 saturated carbocycles. The van der Waals surface area contributed by atoms with Crippen LogP contribution in [0.25, 0.3) is 27.6 Å². The largest absolute Gasteiger partial charge is 0.492 e. The third kappa shape index (κ3) is 11.3. The molecule has 19 nitrogen and oxygen atoms in total. The van der Waals surface area contributed by atoms with Crippen molar-refractivity contribution in [2.24, 2.45) is 12.8 Å². The molecule has 0 radical (unpaired) electrons. The summed E-state index contributed by atoms with van der Waals surface area (Å²) in [7, 11) is 1.75. The summed E-state index contributed by atoms with van der Waals surface area (Å²) in [5.41, 5.74) is 7.92. The van der Waals surface area contributed by atoms with Crippen LogP contribution in [0.5, 0.6) is 5.75 Å². The fourth-order valence-corrected chi connectivity index (χ4v) is 9.06. The summed E-state index contributed by atoms with van der Waals surface area (Å²) < 4.78 is 42.3. The number of carbonyl (C=O) groups is 4. The standard InChI is InChI=1S/C49H55F2N13O6/c1-3-70-36-26-38(45(55-30-36)33(27-52)28-53)32-4-9-42(54-29-32)63-15-12-49(13-16-63,58-47(67)39-24-34(50)5-8-40(39)51)31-62-19-17-61(18-20-62)21-23-69-22-11-44(66)56-35-6-7-37-41(25-35)60(2)59-46(37)64-14-10-43(65)57-48(64)68/h4-9,24-27,29-30H,3,10-23,31,52H2,1-2H3,(H,56,66)(H,58,67)(H,57,65,68). The first-order chi connectivity index (χ1) is 33.8. The van der Waals surface area contributed by atoms with Crippen molar-refractivity contribution in [2.45, 2.75) is 38.1 Å². The molecule has 3 aromatic heterocycles. The Morgan fingerprint density at radius 2 is 1.74 bits per heavy atom. The molecule has 5 aromatic rings. The van der Waals surface area contributed by atoms with Gasteiger partial charge in [0.1, 0.15) is 29.3 Å². The fourth-order valence-electron chi connectivity index (χ4n) is 9.06. The Balaban J connectivity index is 0.829. The van der Waals surface area contributed by atoms with Crippen LogP contribution in [0.2, 0.25) is 0 Å². The van der Waals surface area contributed by atoms with E-state index in [0.29, 0.717) is 116 Å². The number of hydrogen-bond donors (Lipinski definition) is 4. The van der Waals surface area contributed by atoms with Gasteiger partial charge in [-0.1, -0.05) is 0 Å². The minimum absolute atomic E-state index is 0.148. The van der Waals surface area contributed by atoms with Gasteiger partial charge in [-0.25, -0.2) is 18.6 Å². The summed E-state index contributed by atoms with van der Waals surface area (Å²) in [6.07, 6.45) is 5.84. The molecule has 5 amide bonds. The summed E-state index contributed by atoms with van der Waals surface area (Å²) in [6, 6.07) is 15.3. The Morgan fingerprint density at radius 1 is 0.957 bits per heavy atom. The topological polar surface area (TPSA) is 229 Å². The first-order valence-corrected chi connectivity index (χ1v) is 23.2. The molecule has 21 heteroatoms. The zero-order valence-corrected chi connectivity index (χ0v) is 39.0. The minimum atomic E-state index is -0.800. The van der Waals surface area contributed by atoms with E-state index < -0.39 is 29.1 Å². The molecule has 5 N–H and O–H groups in total. The number of piperazine rings is 1. The normalized spacial score (nSPS) is 16.8. The molecule has 0 unspecified atom stereocenters. The summed E-state index contributed by atoms with van der Waals surface area (Å²) in [5, 5.41) is 23.3. The van der Waals surface area contributed by atoms with Gasteiger partial charge < -0.3 is 30.7 Å². The molecule has 0 atom stereocenters. The molecule has 6 heterocycles. The number of halogens is 2. The van der Waals surface area contributed by atoms with Gasteiger partial charge in [0.05, 0.1) is 60.3 Å². The van der Waals surface area contributed by atoms with Crippen molar-refractivity contribution in [3.8, 4) is 22.9 Å². The number of ether oxygens (including phenoxy) is 2. The van der Waals surface area contributed by atoms with Gasteiger partial charge in [0.25, 0.3) is 5.91 Å². The fraction of sp³-hybridized carbons (Fsp3) is 0.388. The van der Waals surface area contributed by atoms with Crippen molar-refractivity contribution < 1.29 is 37.4 Å². The second-order valence-corrected chi connectivity index (χ2v) is 17.4. The van der Waals surface area contributed by atoms with Crippen LogP contribution in [0, 0.1) is 23.0 Å². The van der Waals surface area contributed by atoms with Crippen LogP contribution in [0.1, 0.15) is 48.7 Å². The van der Waals surface area contributed by atoms with Crippen LogP contribution in [-0.2, 0) is 21.4 Å². The number of piperidine rings is 1. The van der Waals surface area contributed by atoms with Gasteiger partial charge in [0.15, 0.2) is 5.82 Å². The van der Waals surface area contributed by atoms with Gasteiger partial charge in [-0.2, -0.15) is 10.4 Å². The Bertz CT molecular complexity index is 2820. The number of carbonyl (C=O) groups excluding carboxylic acids is 4. The first-order valence-electron chi connectivity index (χ1n) is 23.2. The number of anilines is 3. The number of hydrogen-bond acceptors (Lipinski definition) is 14. The molecule has 0 bridgehead atoms. The smallest absolute Gasteiger partial charge is 0.329 e. The second-order valence-electron chi connectivity index (χ2n) is 17.4. The SMILES string of the molecule is CCOc1cnc(C(C#N)=CN)c(-c2ccc(N3CCC(CN4CCN(CCOCCC(=O)Nc5ccc6c(N7CCC(=O)NC7=O)nn(C)c6c5)CC4)(NC(=O)c4cc(F)ccc4F)CC3)nc2)c1. The van der Waals surface area contributed by atoms with E-state index in [9.17, 15) is 33.2 Å². The maximum Gasteiger partial charge on any atom is 0.329 e. The third-order valence-electron chi connectivity index (χ3n) is 12.8. The number of benzene rings is 2. The molecule has 0 aliphatic carbocycles. The number of rotatable bonds is 17. The molecule has 3 aliphatic rings. The number of allylic oxidation sites excluding steroid dienone is 1. The Hall–Kier alpha value is -7.54. The Kier molecular flexibility index (Phi) is 15.2. The van der Waals surface area contributed by atoms with Crippen LogP contribution in [-0.4, -0.2) is 138 Å². The lowest BCUT2D eigenvalue weighted by molar-refractivity contribution is -0.120. The zero-order valence-electron chi connectivity index (χ0n) is 39.0. The number of aryl methyl sites for hydroxylation is 1. The van der Waals surface area contributed by atoms with Gasteiger partial charge in [-0.05, 0) is 74.4 Å². The average Bonchev–Trinajstić information content (AvgIpc) is 3.68. The van der Waals surface area contributed by atoms with Crippen molar-refractivity contribution in [3.05, 3.63) is 96.1 Å². The Morgan fingerprint density at radius 3 is 2.46 bits per heavy atom. The van der Waals surface area contributed by atoms with E-state index in [1.807, 2.05) is 19.1 Å². The lowest BCUT2D eigenvalue weighted by Crippen LogP contribution is -2.62. The zero-order chi connectivity index (χ0) is 49.4. The van der Waals surface area contributed by atoms with Crippen molar-refractivity contribution in [2.75, 3.05) is 93.8 Å². The number of nitrogens with zero attached hydrogens (tertiary/aromatic N) is 9. The maximum atomic E-state index is 14.9. The number of nitrogens with one attached hydrogen (secondary N) is 3. The predicted octanol–water partition coefficient (Wildman–Crippen LogP) is 4.41. The highest BCUT2D eigenvalue weighted by atomic mass is 19.1. The number of nitrogens with two attached hydrogens (primary N) is 1. The number of aromatic nitrogens is 4. The molecular formula is C49H55F2N13O6. The molecule has 3 fully saturated rings. The summed E-state index contributed by atoms with van der Waals surface area (Å²) in [5.74, 6) is -1.02. The monoisotopic (exact) mass is 959 g/mol. The van der Waals surface area contributed by atoms with Crippen LogP contribution in [0.15, 0.2) is 73.2 Å². The molecular weight excluding hydrogens is 905 g/mol. The van der Waals surface area contributed by atoms with Crippen molar-refractivity contribution >= 4 is 57.6 Å². The summed E-state index contributed by atoms with van der Waals surface area (Å²) in [4.78, 5) is 67.9. The predicted molar refractivity (Wildman–Crippen MR) is 258 cm³/mol. The second kappa shape index (κ2) is 21.8. The number of urea groups is 1. The summed E-state index contributed by atoms with van der Waals surface area (Å²) >= 11 is 0. The maximum absolute atomic E-state index is 14.9. The van der Waals surface area contributed by atoms with E-state index in [4.69, 9.17) is 20.2 Å². The van der Waals surface area contributed by atoms with Crippen molar-refractivity contribution in [1.82, 2.24) is 40.2 Å². The average molecular weight is 960 g/mol. The van der Waals surface area contributed by atoms with Gasteiger partial charge in [0.2, 0.25) is 11.8 Å². The molecule has 3 saturated heterocycles. The first kappa shape index (κ1) is 48.9. The quantitative estimate of drug-likeness (QED) is 0.0748. The highest BCUT2D eigenvalue weighted by Gasteiger charge is 2.39. The van der Waals surface area contributed by atoms with Crippen LogP contribution < -0.4 is 36.2 Å².